The van der Waals surface area contributed by atoms with Crippen molar-refractivity contribution in [1.29, 1.82) is 0 Å². The lowest BCUT2D eigenvalue weighted by Crippen LogP contribution is -2.33. The summed E-state index contributed by atoms with van der Waals surface area (Å²) in [4.78, 5) is 14.5. The number of aliphatic imine (C=N–C) groups is 1. The Balaban J connectivity index is 3.63. The van der Waals surface area contributed by atoms with Crippen molar-refractivity contribution in [2.24, 2.45) is 10.7 Å². The average Bonchev–Trinajstić information content (AvgIpc) is 1.98. The Morgan fingerprint density at radius 1 is 1.70 bits per heavy atom. The summed E-state index contributed by atoms with van der Waals surface area (Å²) in [6.07, 6.45) is 0. The minimum atomic E-state index is -0.145. The molecule has 10 heavy (non-hydrogen) atoms. The molecule has 58 valence electrons. The fourth-order valence-electron chi connectivity index (χ4n) is 0.415. The van der Waals surface area contributed by atoms with Gasteiger partial charge in [-0.15, -0.1) is 0 Å². The van der Waals surface area contributed by atoms with Crippen LogP contribution in [0.3, 0.4) is 0 Å². The normalized spacial score (nSPS) is 11.3. The van der Waals surface area contributed by atoms with E-state index in [-0.39, 0.29) is 5.91 Å². The molecule has 4 nitrogen and oxygen atoms in total. The summed E-state index contributed by atoms with van der Waals surface area (Å²) in [5.41, 5.74) is 5.64. The smallest absolute Gasteiger partial charge is 0.264 e. The van der Waals surface area contributed by atoms with Crippen LogP contribution in [0.15, 0.2) is 4.99 Å². The Morgan fingerprint density at radius 2 is 2.30 bits per heavy atom. The molecule has 3 N–H and O–H groups in total. The van der Waals surface area contributed by atoms with Crippen molar-refractivity contribution < 1.29 is 4.79 Å². The van der Waals surface area contributed by atoms with Crippen LogP contribution < -0.4 is 11.1 Å². The maximum atomic E-state index is 10.8. The van der Waals surface area contributed by atoms with Gasteiger partial charge in [-0.05, 0) is 6.92 Å². The molecule has 0 aliphatic carbocycles. The minimum Gasteiger partial charge on any atom is -0.350 e. The molecular formula is C6H13N3O. The zero-order valence-electron chi connectivity index (χ0n) is 6.35. The van der Waals surface area contributed by atoms with E-state index in [0.29, 0.717) is 18.8 Å². The highest BCUT2D eigenvalue weighted by atomic mass is 16.1. The molecule has 0 aliphatic heterocycles. The van der Waals surface area contributed by atoms with Crippen LogP contribution in [0.2, 0.25) is 0 Å². The number of carbonyl (C=O) groups excluding carboxylic acids is 1. The summed E-state index contributed by atoms with van der Waals surface area (Å²) in [5, 5.41) is 2.59. The molecule has 0 heterocycles. The third-order valence-corrected chi connectivity index (χ3v) is 1.09. The molecule has 0 bridgehead atoms. The SMILES string of the molecule is CN=C(C)C(=O)NCCN. The number of nitrogens with zero attached hydrogens (tertiary/aromatic N) is 1. The zero-order valence-corrected chi connectivity index (χ0v) is 6.35. The summed E-state index contributed by atoms with van der Waals surface area (Å²) < 4.78 is 0. The van der Waals surface area contributed by atoms with Gasteiger partial charge in [-0.2, -0.15) is 0 Å². The summed E-state index contributed by atoms with van der Waals surface area (Å²) >= 11 is 0. The molecule has 0 aromatic heterocycles. The highest BCUT2D eigenvalue weighted by Gasteiger charge is 2.00. The fraction of sp³-hybridized carbons (Fsp3) is 0.667. The van der Waals surface area contributed by atoms with Gasteiger partial charge in [0.1, 0.15) is 0 Å². The van der Waals surface area contributed by atoms with Crippen molar-refractivity contribution in [2.75, 3.05) is 20.1 Å². The lowest BCUT2D eigenvalue weighted by molar-refractivity contribution is -0.114. The number of rotatable bonds is 3. The van der Waals surface area contributed by atoms with Gasteiger partial charge < -0.3 is 11.1 Å². The molecule has 0 atom stereocenters. The second kappa shape index (κ2) is 4.93. The first-order chi connectivity index (χ1) is 4.72. The Bertz CT molecular complexity index is 142. The number of nitrogens with two attached hydrogens (primary N) is 1. The molecule has 0 spiro atoms. The minimum absolute atomic E-state index is 0.145. The fourth-order valence-corrected chi connectivity index (χ4v) is 0.415. The Hall–Kier alpha value is -0.900. The van der Waals surface area contributed by atoms with E-state index >= 15 is 0 Å². The number of hydrogen-bond acceptors (Lipinski definition) is 3. The van der Waals surface area contributed by atoms with Crippen LogP contribution in [0, 0.1) is 0 Å². The lowest BCUT2D eigenvalue weighted by Gasteiger charge is -2.00. The molecule has 4 heteroatoms. The standard InChI is InChI=1S/C6H13N3O/c1-5(8-2)6(10)9-4-3-7/h3-4,7H2,1-2H3,(H,9,10). The van der Waals surface area contributed by atoms with Crippen LogP contribution in [0.4, 0.5) is 0 Å². The number of amides is 1. The van der Waals surface area contributed by atoms with Crippen LogP contribution in [-0.2, 0) is 4.79 Å². The van der Waals surface area contributed by atoms with Crippen LogP contribution in [-0.4, -0.2) is 31.8 Å². The number of hydrogen-bond donors (Lipinski definition) is 2. The van der Waals surface area contributed by atoms with Gasteiger partial charge in [0, 0.05) is 20.1 Å². The van der Waals surface area contributed by atoms with E-state index in [1.165, 1.54) is 0 Å². The van der Waals surface area contributed by atoms with Crippen molar-refractivity contribution in [2.45, 2.75) is 6.92 Å². The van der Waals surface area contributed by atoms with Gasteiger partial charge in [0.25, 0.3) is 5.91 Å². The quantitative estimate of drug-likeness (QED) is 0.505. The first-order valence-electron chi connectivity index (χ1n) is 3.14. The molecular weight excluding hydrogens is 130 g/mol. The monoisotopic (exact) mass is 143 g/mol. The Morgan fingerprint density at radius 3 is 2.70 bits per heavy atom. The van der Waals surface area contributed by atoms with Crippen molar-refractivity contribution in [1.82, 2.24) is 5.32 Å². The molecule has 0 unspecified atom stereocenters. The van der Waals surface area contributed by atoms with Crippen LogP contribution >= 0.6 is 0 Å². The Kier molecular flexibility index (Phi) is 4.49. The van der Waals surface area contributed by atoms with Gasteiger partial charge in [0.05, 0.1) is 5.71 Å². The Labute approximate surface area is 60.5 Å². The summed E-state index contributed by atoms with van der Waals surface area (Å²) in [7, 11) is 1.58. The maximum Gasteiger partial charge on any atom is 0.264 e. The topological polar surface area (TPSA) is 67.5 Å². The van der Waals surface area contributed by atoms with E-state index in [2.05, 4.69) is 10.3 Å². The maximum absolute atomic E-state index is 10.8. The molecule has 0 saturated carbocycles. The second-order valence-electron chi connectivity index (χ2n) is 1.85. The van der Waals surface area contributed by atoms with E-state index in [1.54, 1.807) is 14.0 Å². The molecule has 0 aliphatic rings. The number of carbonyl (C=O) groups is 1. The molecule has 0 rings (SSSR count). The highest BCUT2D eigenvalue weighted by molar-refractivity contribution is 6.37. The first-order valence-corrected chi connectivity index (χ1v) is 3.14. The summed E-state index contributed by atoms with van der Waals surface area (Å²) in [6.45, 7) is 2.63. The first kappa shape index (κ1) is 9.10. The molecule has 0 saturated heterocycles. The van der Waals surface area contributed by atoms with Gasteiger partial charge >= 0.3 is 0 Å². The van der Waals surface area contributed by atoms with Gasteiger partial charge in [-0.3, -0.25) is 9.79 Å². The molecule has 0 aromatic carbocycles. The molecule has 0 aromatic rings. The lowest BCUT2D eigenvalue weighted by atomic mass is 10.4. The molecule has 0 radical (unpaired) electrons. The highest BCUT2D eigenvalue weighted by Crippen LogP contribution is 1.73. The largest absolute Gasteiger partial charge is 0.350 e. The van der Waals surface area contributed by atoms with E-state index in [1.807, 2.05) is 0 Å². The summed E-state index contributed by atoms with van der Waals surface area (Å²) in [5.74, 6) is -0.145. The van der Waals surface area contributed by atoms with Gasteiger partial charge in [-0.1, -0.05) is 0 Å². The van der Waals surface area contributed by atoms with Crippen molar-refractivity contribution in [3.8, 4) is 0 Å². The average molecular weight is 143 g/mol. The van der Waals surface area contributed by atoms with E-state index in [9.17, 15) is 4.79 Å². The zero-order chi connectivity index (χ0) is 7.98. The van der Waals surface area contributed by atoms with E-state index in [0.717, 1.165) is 0 Å². The molecule has 1 amide bonds. The predicted octanol–water partition coefficient (Wildman–Crippen LogP) is -0.848. The van der Waals surface area contributed by atoms with Crippen LogP contribution in [0.25, 0.3) is 0 Å². The third-order valence-electron chi connectivity index (χ3n) is 1.09. The molecule has 0 fully saturated rings. The number of nitrogens with one attached hydrogen (secondary N) is 1. The van der Waals surface area contributed by atoms with Gasteiger partial charge in [0.2, 0.25) is 0 Å². The van der Waals surface area contributed by atoms with Crippen molar-refractivity contribution in [3.63, 3.8) is 0 Å². The van der Waals surface area contributed by atoms with E-state index in [4.69, 9.17) is 5.73 Å². The van der Waals surface area contributed by atoms with Crippen molar-refractivity contribution >= 4 is 11.6 Å². The van der Waals surface area contributed by atoms with E-state index < -0.39 is 0 Å². The van der Waals surface area contributed by atoms with Gasteiger partial charge in [-0.25, -0.2) is 0 Å². The predicted molar refractivity (Wildman–Crippen MR) is 41.1 cm³/mol. The second-order valence-corrected chi connectivity index (χ2v) is 1.85. The van der Waals surface area contributed by atoms with Crippen molar-refractivity contribution in [3.05, 3.63) is 0 Å². The van der Waals surface area contributed by atoms with Crippen LogP contribution in [0.5, 0.6) is 0 Å². The third kappa shape index (κ3) is 3.19. The van der Waals surface area contributed by atoms with Crippen LogP contribution in [0.1, 0.15) is 6.92 Å². The summed E-state index contributed by atoms with van der Waals surface area (Å²) in [6, 6.07) is 0. The van der Waals surface area contributed by atoms with Gasteiger partial charge in [0.15, 0.2) is 0 Å².